The molecule has 5 aromatic rings. The second kappa shape index (κ2) is 8.08. The Kier molecular flexibility index (Phi) is 5.24. The van der Waals surface area contributed by atoms with Crippen LogP contribution in [0.15, 0.2) is 72.9 Å². The fraction of sp³-hybridized carbons (Fsp3) is 0.222. The van der Waals surface area contributed by atoms with E-state index in [1.807, 2.05) is 16.9 Å². The molecule has 162 valence electrons. The lowest BCUT2D eigenvalue weighted by Crippen LogP contribution is -2.16. The maximum absolute atomic E-state index is 10.7. The summed E-state index contributed by atoms with van der Waals surface area (Å²) < 4.78 is 2.00. The molecule has 0 aliphatic carbocycles. The summed E-state index contributed by atoms with van der Waals surface area (Å²) in [6, 6.07) is 23.4. The molecule has 2 N–H and O–H groups in total. The first-order valence-electron chi connectivity index (χ1n) is 11.0. The van der Waals surface area contributed by atoms with Crippen molar-refractivity contribution in [2.24, 2.45) is 0 Å². The average Bonchev–Trinajstić information content (AvgIpc) is 3.51. The molecular formula is C27H27N3OS. The van der Waals surface area contributed by atoms with Gasteiger partial charge in [0, 0.05) is 16.6 Å². The molecule has 0 bridgehead atoms. The highest BCUT2D eigenvalue weighted by Gasteiger charge is 2.24. The van der Waals surface area contributed by atoms with Gasteiger partial charge < -0.3 is 10.1 Å². The number of nitrogens with zero attached hydrogens (tertiary/aromatic N) is 2. The van der Waals surface area contributed by atoms with Gasteiger partial charge in [0.2, 0.25) is 0 Å². The van der Waals surface area contributed by atoms with E-state index < -0.39 is 5.60 Å². The van der Waals surface area contributed by atoms with Crippen molar-refractivity contribution in [1.29, 1.82) is 0 Å². The molecule has 2 aromatic carbocycles. The van der Waals surface area contributed by atoms with E-state index in [-0.39, 0.29) is 0 Å². The third-order valence-corrected chi connectivity index (χ3v) is 6.93. The van der Waals surface area contributed by atoms with Gasteiger partial charge in [0.05, 0.1) is 22.0 Å². The fourth-order valence-electron chi connectivity index (χ4n) is 4.07. The highest BCUT2D eigenvalue weighted by atomic mass is 32.1. The molecule has 5 rings (SSSR count). The number of aliphatic hydroxyl groups is 1. The predicted octanol–water partition coefficient (Wildman–Crippen LogP) is 6.93. The summed E-state index contributed by atoms with van der Waals surface area (Å²) in [5.74, 6) is 0. The summed E-state index contributed by atoms with van der Waals surface area (Å²) >= 11 is 1.75. The molecule has 0 aliphatic rings. The Hall–Kier alpha value is -3.15. The zero-order valence-corrected chi connectivity index (χ0v) is 19.4. The first kappa shape index (κ1) is 20.7. The van der Waals surface area contributed by atoms with Crippen molar-refractivity contribution in [3.05, 3.63) is 84.2 Å². The number of thiophene rings is 1. The van der Waals surface area contributed by atoms with E-state index in [2.05, 4.69) is 72.6 Å². The Labute approximate surface area is 192 Å². The zero-order chi connectivity index (χ0) is 22.3. The Balaban J connectivity index is 1.63. The van der Waals surface area contributed by atoms with Crippen molar-refractivity contribution >= 4 is 22.2 Å². The summed E-state index contributed by atoms with van der Waals surface area (Å²) in [6.07, 6.45) is 4.02. The summed E-state index contributed by atoms with van der Waals surface area (Å²) in [5.41, 5.74) is 5.34. The first-order chi connectivity index (χ1) is 15.4. The second-order valence-corrected chi connectivity index (χ2v) is 9.79. The van der Waals surface area contributed by atoms with E-state index in [4.69, 9.17) is 5.10 Å². The number of aryl methyl sites for hydroxylation is 1. The molecule has 0 aliphatic heterocycles. The first-order valence-corrected chi connectivity index (χ1v) is 11.8. The molecule has 4 nitrogen and oxygen atoms in total. The lowest BCUT2D eigenvalue weighted by Gasteiger charge is -2.14. The Bertz CT molecular complexity index is 1380. The summed E-state index contributed by atoms with van der Waals surface area (Å²) in [4.78, 5) is 5.59. The molecule has 0 radical (unpaired) electrons. The molecule has 5 heteroatoms. The highest BCUT2D eigenvalue weighted by Crippen LogP contribution is 2.38. The Morgan fingerprint density at radius 2 is 1.81 bits per heavy atom. The van der Waals surface area contributed by atoms with Crippen LogP contribution in [0.4, 0.5) is 0 Å². The van der Waals surface area contributed by atoms with Crippen molar-refractivity contribution in [2.75, 3.05) is 0 Å². The van der Waals surface area contributed by atoms with E-state index >= 15 is 0 Å². The molecule has 3 heterocycles. The standard InChI is InChI=1S/C27H27N3OS/c1-4-7-18-8-5-6-9-22(18)30-23(17-26(29-30)27(2,3)31)25-13-12-24(32-25)20-10-11-21-19(16-20)14-15-28-21/h5-6,8-17,28,31H,4,7H2,1-3H3. The van der Waals surface area contributed by atoms with Crippen LogP contribution in [0.2, 0.25) is 0 Å². The maximum atomic E-state index is 10.7. The number of para-hydroxylation sites is 1. The average molecular weight is 442 g/mol. The van der Waals surface area contributed by atoms with Crippen LogP contribution in [-0.2, 0) is 12.0 Å². The van der Waals surface area contributed by atoms with Crippen molar-refractivity contribution in [3.8, 4) is 26.7 Å². The number of nitrogens with one attached hydrogen (secondary N) is 1. The van der Waals surface area contributed by atoms with Crippen molar-refractivity contribution < 1.29 is 5.11 Å². The topological polar surface area (TPSA) is 53.8 Å². The monoisotopic (exact) mass is 441 g/mol. The maximum Gasteiger partial charge on any atom is 0.103 e. The van der Waals surface area contributed by atoms with E-state index in [1.54, 1.807) is 25.2 Å². The number of aromatic amines is 1. The number of rotatable bonds is 6. The van der Waals surface area contributed by atoms with Gasteiger partial charge in [-0.2, -0.15) is 5.10 Å². The minimum Gasteiger partial charge on any atom is -0.384 e. The molecule has 3 aromatic heterocycles. The zero-order valence-electron chi connectivity index (χ0n) is 18.6. The van der Waals surface area contributed by atoms with Gasteiger partial charge in [-0.05, 0) is 79.2 Å². The minimum absolute atomic E-state index is 0.669. The number of hydrogen-bond acceptors (Lipinski definition) is 3. The Morgan fingerprint density at radius 1 is 1.00 bits per heavy atom. The molecule has 0 spiro atoms. The van der Waals surface area contributed by atoms with Gasteiger partial charge in [-0.15, -0.1) is 11.3 Å². The van der Waals surface area contributed by atoms with Gasteiger partial charge >= 0.3 is 0 Å². The van der Waals surface area contributed by atoms with Gasteiger partial charge in [0.15, 0.2) is 0 Å². The van der Waals surface area contributed by atoms with Crippen LogP contribution < -0.4 is 0 Å². The summed E-state index contributed by atoms with van der Waals surface area (Å²) in [6.45, 7) is 5.76. The van der Waals surface area contributed by atoms with Crippen LogP contribution in [0.1, 0.15) is 38.4 Å². The van der Waals surface area contributed by atoms with Crippen LogP contribution in [0, 0.1) is 0 Å². The smallest absolute Gasteiger partial charge is 0.103 e. The largest absolute Gasteiger partial charge is 0.384 e. The van der Waals surface area contributed by atoms with E-state index in [0.29, 0.717) is 5.69 Å². The number of benzene rings is 2. The van der Waals surface area contributed by atoms with Crippen LogP contribution in [0.5, 0.6) is 0 Å². The van der Waals surface area contributed by atoms with E-state index in [0.717, 1.165) is 34.6 Å². The molecular weight excluding hydrogens is 414 g/mol. The number of fused-ring (bicyclic) bond motifs is 1. The molecule has 0 atom stereocenters. The molecule has 32 heavy (non-hydrogen) atoms. The Morgan fingerprint density at radius 3 is 2.62 bits per heavy atom. The van der Waals surface area contributed by atoms with Crippen LogP contribution in [-0.4, -0.2) is 19.9 Å². The third-order valence-electron chi connectivity index (χ3n) is 5.77. The van der Waals surface area contributed by atoms with Crippen molar-refractivity contribution in [1.82, 2.24) is 14.8 Å². The van der Waals surface area contributed by atoms with Crippen LogP contribution in [0.3, 0.4) is 0 Å². The fourth-order valence-corrected chi connectivity index (χ4v) is 5.08. The van der Waals surface area contributed by atoms with Gasteiger partial charge in [0.1, 0.15) is 5.60 Å². The van der Waals surface area contributed by atoms with Crippen molar-refractivity contribution in [3.63, 3.8) is 0 Å². The van der Waals surface area contributed by atoms with Gasteiger partial charge in [0.25, 0.3) is 0 Å². The summed E-state index contributed by atoms with van der Waals surface area (Å²) in [7, 11) is 0. The van der Waals surface area contributed by atoms with Crippen LogP contribution >= 0.6 is 11.3 Å². The lowest BCUT2D eigenvalue weighted by molar-refractivity contribution is 0.0734. The molecule has 0 saturated carbocycles. The van der Waals surface area contributed by atoms with Crippen LogP contribution in [0.25, 0.3) is 37.6 Å². The van der Waals surface area contributed by atoms with Crippen molar-refractivity contribution in [2.45, 2.75) is 39.2 Å². The third kappa shape index (κ3) is 3.78. The normalized spacial score (nSPS) is 12.0. The van der Waals surface area contributed by atoms with Gasteiger partial charge in [-0.3, -0.25) is 0 Å². The van der Waals surface area contributed by atoms with Gasteiger partial charge in [-0.25, -0.2) is 4.68 Å². The molecule has 0 saturated heterocycles. The lowest BCUT2D eigenvalue weighted by atomic mass is 10.1. The number of hydrogen-bond donors (Lipinski definition) is 2. The number of aromatic nitrogens is 3. The minimum atomic E-state index is -1.01. The predicted molar refractivity (Wildman–Crippen MR) is 133 cm³/mol. The van der Waals surface area contributed by atoms with Gasteiger partial charge in [-0.1, -0.05) is 37.6 Å². The molecule has 0 amide bonds. The second-order valence-electron chi connectivity index (χ2n) is 8.71. The van der Waals surface area contributed by atoms with E-state index in [9.17, 15) is 5.11 Å². The highest BCUT2D eigenvalue weighted by molar-refractivity contribution is 7.18. The van der Waals surface area contributed by atoms with E-state index in [1.165, 1.54) is 21.4 Å². The quantitative estimate of drug-likeness (QED) is 0.300. The summed E-state index contributed by atoms with van der Waals surface area (Å²) in [5, 5.41) is 16.7. The molecule has 0 fully saturated rings. The SMILES string of the molecule is CCCc1ccccc1-n1nc(C(C)(C)O)cc1-c1ccc(-c2ccc3[nH]ccc3c2)s1. The molecule has 0 unspecified atom stereocenters. The number of H-pyrrole nitrogens is 1.